The Morgan fingerprint density at radius 2 is 2.33 bits per heavy atom. The molecule has 0 N–H and O–H groups in total. The molecule has 0 spiro atoms. The molecule has 2 heterocycles. The quantitative estimate of drug-likeness (QED) is 0.701. The summed E-state index contributed by atoms with van der Waals surface area (Å²) in [4.78, 5) is 26.7. The van der Waals surface area contributed by atoms with Gasteiger partial charge in [0.2, 0.25) is 0 Å². The van der Waals surface area contributed by atoms with E-state index < -0.39 is 0 Å². The fourth-order valence-corrected chi connectivity index (χ4v) is 1.26. The lowest BCUT2D eigenvalue weighted by molar-refractivity contribution is -0.119. The molecule has 0 fully saturated rings. The van der Waals surface area contributed by atoms with Gasteiger partial charge in [0.15, 0.2) is 11.4 Å². The van der Waals surface area contributed by atoms with Gasteiger partial charge >= 0.3 is 5.69 Å². The average Bonchev–Trinajstić information content (AvgIpc) is 2.57. The standard InChI is InChI=1S/C9H10N4O2/c1-2-7(14)6-13-9(15)12-4-3-10-5-8(12)11-13/h3-5H,2,6H2,1H3. The van der Waals surface area contributed by atoms with Crippen LogP contribution in [0.4, 0.5) is 0 Å². The van der Waals surface area contributed by atoms with Gasteiger partial charge in [-0.05, 0) is 0 Å². The van der Waals surface area contributed by atoms with Gasteiger partial charge in [0.1, 0.15) is 6.54 Å². The van der Waals surface area contributed by atoms with E-state index in [1.165, 1.54) is 23.0 Å². The van der Waals surface area contributed by atoms with Gasteiger partial charge in [-0.3, -0.25) is 9.78 Å². The molecule has 78 valence electrons. The molecule has 6 heteroatoms. The Bertz CT molecular complexity index is 554. The summed E-state index contributed by atoms with van der Waals surface area (Å²) in [6.07, 6.45) is 4.91. The molecule has 0 saturated heterocycles. The van der Waals surface area contributed by atoms with E-state index in [0.29, 0.717) is 12.1 Å². The second-order valence-electron chi connectivity index (χ2n) is 3.14. The van der Waals surface area contributed by atoms with Crippen molar-refractivity contribution in [3.63, 3.8) is 0 Å². The first-order chi connectivity index (χ1) is 7.22. The topological polar surface area (TPSA) is 69.3 Å². The highest BCUT2D eigenvalue weighted by molar-refractivity contribution is 5.77. The minimum absolute atomic E-state index is 0.0199. The van der Waals surface area contributed by atoms with Crippen LogP contribution in [-0.4, -0.2) is 24.9 Å². The third-order valence-electron chi connectivity index (χ3n) is 2.11. The van der Waals surface area contributed by atoms with Crippen LogP contribution in [0.15, 0.2) is 23.4 Å². The third-order valence-corrected chi connectivity index (χ3v) is 2.11. The molecule has 0 aliphatic rings. The smallest absolute Gasteiger partial charge is 0.298 e. The van der Waals surface area contributed by atoms with E-state index in [1.807, 2.05) is 0 Å². The zero-order valence-corrected chi connectivity index (χ0v) is 8.25. The lowest BCUT2D eigenvalue weighted by Gasteiger charge is -1.94. The largest absolute Gasteiger partial charge is 0.350 e. The van der Waals surface area contributed by atoms with Crippen molar-refractivity contribution in [3.05, 3.63) is 29.1 Å². The highest BCUT2D eigenvalue weighted by Gasteiger charge is 2.08. The summed E-state index contributed by atoms with van der Waals surface area (Å²) < 4.78 is 2.51. The maximum atomic E-state index is 11.7. The van der Waals surface area contributed by atoms with E-state index in [1.54, 1.807) is 6.92 Å². The van der Waals surface area contributed by atoms with E-state index in [9.17, 15) is 9.59 Å². The SMILES string of the molecule is CCC(=O)Cn1nc2cnccn2c1=O. The van der Waals surface area contributed by atoms with Crippen molar-refractivity contribution in [1.29, 1.82) is 0 Å². The first-order valence-corrected chi connectivity index (χ1v) is 4.63. The van der Waals surface area contributed by atoms with Crippen molar-refractivity contribution in [1.82, 2.24) is 19.2 Å². The van der Waals surface area contributed by atoms with Crippen LogP contribution < -0.4 is 5.69 Å². The molecule has 0 saturated carbocycles. The third kappa shape index (κ3) is 1.65. The summed E-state index contributed by atoms with van der Waals surface area (Å²) in [5.41, 5.74) is 0.139. The number of hydrogen-bond acceptors (Lipinski definition) is 4. The molecular formula is C9H10N4O2. The Labute approximate surface area is 85.2 Å². The summed E-state index contributed by atoms with van der Waals surface area (Å²) in [6, 6.07) is 0. The molecule has 2 aromatic rings. The normalized spacial score (nSPS) is 10.7. The number of carbonyl (C=O) groups is 1. The van der Waals surface area contributed by atoms with Crippen molar-refractivity contribution in [2.45, 2.75) is 19.9 Å². The van der Waals surface area contributed by atoms with Gasteiger partial charge in [0, 0.05) is 18.8 Å². The lowest BCUT2D eigenvalue weighted by atomic mass is 10.3. The van der Waals surface area contributed by atoms with Gasteiger partial charge in [-0.15, -0.1) is 5.10 Å². The molecule has 0 unspecified atom stereocenters. The molecule has 0 atom stereocenters. The molecule has 0 aliphatic carbocycles. The predicted octanol–water partition coefficient (Wildman–Crippen LogP) is -0.130. The van der Waals surface area contributed by atoms with Gasteiger partial charge in [-0.1, -0.05) is 6.92 Å². The Kier molecular flexibility index (Phi) is 2.32. The number of carbonyl (C=O) groups excluding carboxylic acids is 1. The highest BCUT2D eigenvalue weighted by atomic mass is 16.2. The van der Waals surface area contributed by atoms with E-state index in [4.69, 9.17) is 0 Å². The second kappa shape index (κ2) is 3.64. The average molecular weight is 206 g/mol. The van der Waals surface area contributed by atoms with Crippen LogP contribution in [0.2, 0.25) is 0 Å². The molecular weight excluding hydrogens is 196 g/mol. The molecule has 0 aromatic carbocycles. The fraction of sp³-hybridized carbons (Fsp3) is 0.333. The van der Waals surface area contributed by atoms with Gasteiger partial charge in [0.05, 0.1) is 6.20 Å². The molecule has 0 amide bonds. The van der Waals surface area contributed by atoms with E-state index >= 15 is 0 Å². The van der Waals surface area contributed by atoms with Crippen LogP contribution in [0.5, 0.6) is 0 Å². The van der Waals surface area contributed by atoms with Crippen molar-refractivity contribution >= 4 is 11.4 Å². The lowest BCUT2D eigenvalue weighted by Crippen LogP contribution is -2.24. The number of fused-ring (bicyclic) bond motifs is 1. The molecule has 0 aliphatic heterocycles. The number of ketones is 1. The summed E-state index contributed by atoms with van der Waals surface area (Å²) in [5.74, 6) is -0.0199. The number of hydrogen-bond donors (Lipinski definition) is 0. The molecule has 0 radical (unpaired) electrons. The van der Waals surface area contributed by atoms with Crippen LogP contribution in [-0.2, 0) is 11.3 Å². The molecule has 6 nitrogen and oxygen atoms in total. The number of Topliss-reactive ketones (excluding diaryl/α,β-unsaturated/α-hetero) is 1. The van der Waals surface area contributed by atoms with Crippen LogP contribution in [0.3, 0.4) is 0 Å². The minimum Gasteiger partial charge on any atom is -0.298 e. The maximum absolute atomic E-state index is 11.7. The fourth-order valence-electron chi connectivity index (χ4n) is 1.26. The van der Waals surface area contributed by atoms with E-state index in [0.717, 1.165) is 4.68 Å². The predicted molar refractivity (Wildman–Crippen MR) is 52.5 cm³/mol. The first kappa shape index (κ1) is 9.57. The van der Waals surface area contributed by atoms with Crippen LogP contribution in [0, 0.1) is 0 Å². The van der Waals surface area contributed by atoms with Gasteiger partial charge in [-0.2, -0.15) is 0 Å². The Balaban J connectivity index is 2.49. The first-order valence-electron chi connectivity index (χ1n) is 4.63. The van der Waals surface area contributed by atoms with E-state index in [2.05, 4.69) is 10.1 Å². The van der Waals surface area contributed by atoms with Gasteiger partial charge in [-0.25, -0.2) is 13.9 Å². The Morgan fingerprint density at radius 3 is 3.00 bits per heavy atom. The van der Waals surface area contributed by atoms with Crippen molar-refractivity contribution in [3.8, 4) is 0 Å². The van der Waals surface area contributed by atoms with Gasteiger partial charge < -0.3 is 0 Å². The molecule has 2 rings (SSSR count). The van der Waals surface area contributed by atoms with Crippen molar-refractivity contribution < 1.29 is 4.79 Å². The number of rotatable bonds is 3. The highest BCUT2D eigenvalue weighted by Crippen LogP contribution is 1.93. The Morgan fingerprint density at radius 1 is 1.53 bits per heavy atom. The zero-order chi connectivity index (χ0) is 10.8. The maximum Gasteiger partial charge on any atom is 0.350 e. The minimum atomic E-state index is -0.311. The van der Waals surface area contributed by atoms with Crippen molar-refractivity contribution in [2.75, 3.05) is 0 Å². The van der Waals surface area contributed by atoms with E-state index in [-0.39, 0.29) is 18.0 Å². The summed E-state index contributed by atoms with van der Waals surface area (Å²) in [6.45, 7) is 1.78. The van der Waals surface area contributed by atoms with Gasteiger partial charge in [0.25, 0.3) is 0 Å². The Hall–Kier alpha value is -1.98. The molecule has 0 bridgehead atoms. The van der Waals surface area contributed by atoms with Crippen LogP contribution in [0.25, 0.3) is 5.65 Å². The number of nitrogens with zero attached hydrogens (tertiary/aromatic N) is 4. The molecule has 2 aromatic heterocycles. The number of aromatic nitrogens is 4. The second-order valence-corrected chi connectivity index (χ2v) is 3.14. The summed E-state index contributed by atoms with van der Waals surface area (Å²) >= 11 is 0. The van der Waals surface area contributed by atoms with Crippen LogP contribution in [0.1, 0.15) is 13.3 Å². The van der Waals surface area contributed by atoms with Crippen LogP contribution >= 0.6 is 0 Å². The molecule has 15 heavy (non-hydrogen) atoms. The monoisotopic (exact) mass is 206 g/mol. The van der Waals surface area contributed by atoms with Crippen molar-refractivity contribution in [2.24, 2.45) is 0 Å². The zero-order valence-electron chi connectivity index (χ0n) is 8.25. The summed E-state index contributed by atoms with van der Waals surface area (Å²) in [5, 5.41) is 3.98. The summed E-state index contributed by atoms with van der Waals surface area (Å²) in [7, 11) is 0.